The van der Waals surface area contributed by atoms with E-state index in [1.165, 1.54) is 11.6 Å². The lowest BCUT2D eigenvalue weighted by Gasteiger charge is -2.08. The smallest absolute Gasteiger partial charge is 0.267 e. The Morgan fingerprint density at radius 3 is 2.60 bits per heavy atom. The Kier molecular flexibility index (Phi) is 4.99. The number of carbonyl (C=O) groups is 1. The molecule has 1 aromatic carbocycles. The molecule has 6 nitrogen and oxygen atoms in total. The Morgan fingerprint density at radius 1 is 1.12 bits per heavy atom. The summed E-state index contributed by atoms with van der Waals surface area (Å²) < 4.78 is 1.16. The Bertz CT molecular complexity index is 918. The maximum atomic E-state index is 12.1. The van der Waals surface area contributed by atoms with Gasteiger partial charge in [-0.1, -0.05) is 31.2 Å². The number of aryl methyl sites for hydroxylation is 1. The molecule has 2 heterocycles. The zero-order valence-corrected chi connectivity index (χ0v) is 13.8. The zero-order valence-electron chi connectivity index (χ0n) is 13.8. The Balaban J connectivity index is 1.79. The number of benzene rings is 1. The lowest BCUT2D eigenvalue weighted by atomic mass is 10.1. The van der Waals surface area contributed by atoms with Gasteiger partial charge in [-0.3, -0.25) is 14.6 Å². The number of hydrogen-bond donors (Lipinski definition) is 1. The van der Waals surface area contributed by atoms with E-state index in [0.717, 1.165) is 16.7 Å². The fraction of sp³-hybridized carbons (Fsp3) is 0.158. The predicted octanol–water partition coefficient (Wildman–Crippen LogP) is 2.51. The summed E-state index contributed by atoms with van der Waals surface area (Å²) in [5.74, 6) is -0.332. The van der Waals surface area contributed by atoms with Crippen molar-refractivity contribution >= 4 is 11.6 Å². The highest BCUT2D eigenvalue weighted by atomic mass is 16.2. The largest absolute Gasteiger partial charge is 0.323 e. The first-order valence-electron chi connectivity index (χ1n) is 8.03. The third-order valence-electron chi connectivity index (χ3n) is 3.76. The topological polar surface area (TPSA) is 76.9 Å². The fourth-order valence-corrected chi connectivity index (χ4v) is 2.40. The summed E-state index contributed by atoms with van der Waals surface area (Å²) in [5.41, 5.74) is 3.03. The molecule has 0 saturated carbocycles. The van der Waals surface area contributed by atoms with E-state index in [2.05, 4.69) is 22.3 Å². The Labute approximate surface area is 145 Å². The van der Waals surface area contributed by atoms with E-state index < -0.39 is 0 Å². The second-order valence-corrected chi connectivity index (χ2v) is 5.55. The van der Waals surface area contributed by atoms with Gasteiger partial charge in [-0.05, 0) is 30.2 Å². The van der Waals surface area contributed by atoms with E-state index in [1.54, 1.807) is 30.6 Å². The van der Waals surface area contributed by atoms with Gasteiger partial charge in [-0.15, -0.1) is 0 Å². The van der Waals surface area contributed by atoms with E-state index in [1.807, 2.05) is 24.3 Å². The molecule has 0 bridgehead atoms. The van der Waals surface area contributed by atoms with Crippen LogP contribution in [0.2, 0.25) is 0 Å². The van der Waals surface area contributed by atoms with Crippen molar-refractivity contribution in [3.05, 3.63) is 76.8 Å². The number of amides is 1. The average molecular weight is 334 g/mol. The van der Waals surface area contributed by atoms with Gasteiger partial charge in [0.1, 0.15) is 6.54 Å². The van der Waals surface area contributed by atoms with Crippen LogP contribution in [0.5, 0.6) is 0 Å². The van der Waals surface area contributed by atoms with E-state index >= 15 is 0 Å². The van der Waals surface area contributed by atoms with Crippen molar-refractivity contribution in [3.63, 3.8) is 0 Å². The molecular weight excluding hydrogens is 316 g/mol. The fourth-order valence-electron chi connectivity index (χ4n) is 2.40. The number of rotatable bonds is 5. The first kappa shape index (κ1) is 16.6. The molecule has 0 aliphatic rings. The number of nitrogens with one attached hydrogen (secondary N) is 1. The van der Waals surface area contributed by atoms with Gasteiger partial charge in [0.15, 0.2) is 0 Å². The maximum Gasteiger partial charge on any atom is 0.267 e. The number of pyridine rings is 1. The van der Waals surface area contributed by atoms with Gasteiger partial charge >= 0.3 is 0 Å². The third-order valence-corrected chi connectivity index (χ3v) is 3.76. The van der Waals surface area contributed by atoms with E-state index in [0.29, 0.717) is 11.4 Å². The van der Waals surface area contributed by atoms with Gasteiger partial charge in [0.05, 0.1) is 17.6 Å². The second-order valence-electron chi connectivity index (χ2n) is 5.55. The number of anilines is 1. The van der Waals surface area contributed by atoms with Crippen LogP contribution in [0.1, 0.15) is 12.5 Å². The summed E-state index contributed by atoms with van der Waals surface area (Å²) in [4.78, 5) is 28.1. The molecule has 3 aromatic rings. The minimum absolute atomic E-state index is 0.158. The van der Waals surface area contributed by atoms with Crippen LogP contribution < -0.4 is 10.9 Å². The summed E-state index contributed by atoms with van der Waals surface area (Å²) in [6, 6.07) is 14.5. The van der Waals surface area contributed by atoms with Crippen LogP contribution in [-0.2, 0) is 17.8 Å². The molecule has 0 spiro atoms. The van der Waals surface area contributed by atoms with Crippen molar-refractivity contribution in [2.75, 3.05) is 5.32 Å². The van der Waals surface area contributed by atoms with Gasteiger partial charge in [0.2, 0.25) is 5.91 Å². The zero-order chi connectivity index (χ0) is 17.6. The van der Waals surface area contributed by atoms with Crippen molar-refractivity contribution in [1.29, 1.82) is 0 Å². The Hall–Kier alpha value is -3.28. The second kappa shape index (κ2) is 7.53. The number of nitrogens with zero attached hydrogens (tertiary/aromatic N) is 3. The van der Waals surface area contributed by atoms with Crippen LogP contribution in [0.25, 0.3) is 11.3 Å². The number of hydrogen-bond acceptors (Lipinski definition) is 4. The van der Waals surface area contributed by atoms with Gasteiger partial charge < -0.3 is 5.32 Å². The van der Waals surface area contributed by atoms with Gasteiger partial charge in [0.25, 0.3) is 5.56 Å². The quantitative estimate of drug-likeness (QED) is 0.778. The molecule has 3 rings (SSSR count). The standard InChI is InChI=1S/C19H18N4O2/c1-2-14-5-7-15(8-6-14)17-9-10-19(25)23(22-17)13-18(24)21-16-4-3-11-20-12-16/h3-12H,2,13H2,1H3,(H,21,24). The van der Waals surface area contributed by atoms with E-state index in [-0.39, 0.29) is 18.0 Å². The highest BCUT2D eigenvalue weighted by Gasteiger charge is 2.08. The molecule has 6 heteroatoms. The molecule has 126 valence electrons. The summed E-state index contributed by atoms with van der Waals surface area (Å²) in [5, 5.41) is 7.00. The van der Waals surface area contributed by atoms with Crippen molar-refractivity contribution in [2.45, 2.75) is 19.9 Å². The molecule has 2 aromatic heterocycles. The van der Waals surface area contributed by atoms with Crippen molar-refractivity contribution in [2.24, 2.45) is 0 Å². The van der Waals surface area contributed by atoms with Crippen LogP contribution in [0.3, 0.4) is 0 Å². The molecule has 1 amide bonds. The first-order valence-corrected chi connectivity index (χ1v) is 8.03. The molecule has 0 fully saturated rings. The van der Waals surface area contributed by atoms with E-state index in [9.17, 15) is 9.59 Å². The molecule has 0 radical (unpaired) electrons. The first-order chi connectivity index (χ1) is 12.2. The molecule has 0 aliphatic carbocycles. The van der Waals surface area contributed by atoms with Crippen LogP contribution in [0.15, 0.2) is 65.7 Å². The normalized spacial score (nSPS) is 10.4. The van der Waals surface area contributed by atoms with E-state index in [4.69, 9.17) is 0 Å². The highest BCUT2D eigenvalue weighted by Crippen LogP contribution is 2.16. The van der Waals surface area contributed by atoms with Crippen molar-refractivity contribution < 1.29 is 4.79 Å². The SMILES string of the molecule is CCc1ccc(-c2ccc(=O)n(CC(=O)Nc3cccnc3)n2)cc1. The maximum absolute atomic E-state index is 12.1. The summed E-state index contributed by atoms with van der Waals surface area (Å²) >= 11 is 0. The third kappa shape index (κ3) is 4.17. The molecule has 0 aliphatic heterocycles. The summed E-state index contributed by atoms with van der Waals surface area (Å²) in [7, 11) is 0. The predicted molar refractivity (Wildman–Crippen MR) is 96.2 cm³/mol. The van der Waals surface area contributed by atoms with Crippen molar-refractivity contribution in [3.8, 4) is 11.3 Å². The van der Waals surface area contributed by atoms with Gasteiger partial charge in [-0.25, -0.2) is 4.68 Å². The molecule has 0 saturated heterocycles. The molecule has 1 N–H and O–H groups in total. The molecular formula is C19H18N4O2. The lowest BCUT2D eigenvalue weighted by molar-refractivity contribution is -0.117. The number of aromatic nitrogens is 3. The summed E-state index contributed by atoms with van der Waals surface area (Å²) in [6.07, 6.45) is 4.12. The molecule has 0 atom stereocenters. The molecule has 0 unspecified atom stereocenters. The van der Waals surface area contributed by atoms with Gasteiger partial charge in [-0.2, -0.15) is 5.10 Å². The van der Waals surface area contributed by atoms with Crippen molar-refractivity contribution in [1.82, 2.24) is 14.8 Å². The number of carbonyl (C=O) groups excluding carboxylic acids is 1. The molecule has 25 heavy (non-hydrogen) atoms. The van der Waals surface area contributed by atoms with Crippen LogP contribution in [0, 0.1) is 0 Å². The minimum Gasteiger partial charge on any atom is -0.323 e. The Morgan fingerprint density at radius 2 is 1.92 bits per heavy atom. The van der Waals surface area contributed by atoms with Gasteiger partial charge in [0, 0.05) is 17.8 Å². The van der Waals surface area contributed by atoms with Crippen LogP contribution in [-0.4, -0.2) is 20.7 Å². The monoisotopic (exact) mass is 334 g/mol. The highest BCUT2D eigenvalue weighted by molar-refractivity contribution is 5.90. The van der Waals surface area contributed by atoms with Crippen LogP contribution >= 0.6 is 0 Å². The minimum atomic E-state index is -0.332. The summed E-state index contributed by atoms with van der Waals surface area (Å²) in [6.45, 7) is 1.93. The van der Waals surface area contributed by atoms with Crippen LogP contribution in [0.4, 0.5) is 5.69 Å². The average Bonchev–Trinajstić information content (AvgIpc) is 2.64. The lowest BCUT2D eigenvalue weighted by Crippen LogP contribution is -2.29.